The van der Waals surface area contributed by atoms with Gasteiger partial charge in [0, 0.05) is 31.7 Å². The Morgan fingerprint density at radius 1 is 1.16 bits per heavy atom. The fourth-order valence-corrected chi connectivity index (χ4v) is 2.96. The van der Waals surface area contributed by atoms with Crippen molar-refractivity contribution in [2.24, 2.45) is 0 Å². The molecule has 0 N–H and O–H groups in total. The molecule has 0 unspecified atom stereocenters. The van der Waals surface area contributed by atoms with Gasteiger partial charge in [0.2, 0.25) is 0 Å². The van der Waals surface area contributed by atoms with Crippen LogP contribution < -0.4 is 9.64 Å². The minimum Gasteiger partial charge on any atom is -0.497 e. The Hall–Kier alpha value is -3.07. The van der Waals surface area contributed by atoms with E-state index in [1.807, 2.05) is 11.0 Å². The number of carbonyl (C=O) groups excluding carboxylic acids is 1. The Labute approximate surface area is 145 Å². The van der Waals surface area contributed by atoms with Gasteiger partial charge in [-0.05, 0) is 36.4 Å². The molecule has 6 heteroatoms. The van der Waals surface area contributed by atoms with E-state index in [9.17, 15) is 14.4 Å². The number of carbonyl (C=O) groups is 1. The van der Waals surface area contributed by atoms with Gasteiger partial charge in [-0.1, -0.05) is 6.07 Å². The van der Waals surface area contributed by atoms with Crippen molar-refractivity contribution in [3.05, 3.63) is 59.4 Å². The first-order valence-corrected chi connectivity index (χ1v) is 8.00. The first kappa shape index (κ1) is 16.8. The standard InChI is InChI=1S/C19H18FN3O2/c1-25-17-4-2-3-14(12-17)19(24)23-9-7-22(8-10-23)18-6-5-16(20)11-15(18)13-21/h2-6,11-12H,7-10H2,1H3. The van der Waals surface area contributed by atoms with Gasteiger partial charge in [0.25, 0.3) is 5.91 Å². The van der Waals surface area contributed by atoms with Gasteiger partial charge in [0.15, 0.2) is 0 Å². The zero-order valence-electron chi connectivity index (χ0n) is 13.9. The summed E-state index contributed by atoms with van der Waals surface area (Å²) in [7, 11) is 1.57. The highest BCUT2D eigenvalue weighted by Gasteiger charge is 2.23. The van der Waals surface area contributed by atoms with Crippen molar-refractivity contribution in [1.29, 1.82) is 5.26 Å². The van der Waals surface area contributed by atoms with Gasteiger partial charge >= 0.3 is 0 Å². The summed E-state index contributed by atoms with van der Waals surface area (Å²) < 4.78 is 18.4. The van der Waals surface area contributed by atoms with Gasteiger partial charge in [0.05, 0.1) is 18.4 Å². The molecule has 0 radical (unpaired) electrons. The average Bonchev–Trinajstić information content (AvgIpc) is 2.67. The van der Waals surface area contributed by atoms with Gasteiger partial charge in [-0.25, -0.2) is 4.39 Å². The SMILES string of the molecule is COc1cccc(C(=O)N2CCN(c3ccc(F)cc3C#N)CC2)c1. The van der Waals surface area contributed by atoms with Crippen LogP contribution in [0.3, 0.4) is 0 Å². The summed E-state index contributed by atoms with van der Waals surface area (Å²) in [4.78, 5) is 16.4. The molecule has 0 atom stereocenters. The molecule has 0 saturated carbocycles. The molecular formula is C19H18FN3O2. The van der Waals surface area contributed by atoms with Crippen molar-refractivity contribution < 1.29 is 13.9 Å². The first-order chi connectivity index (χ1) is 12.1. The Morgan fingerprint density at radius 2 is 1.92 bits per heavy atom. The van der Waals surface area contributed by atoms with Crippen LogP contribution in [-0.2, 0) is 0 Å². The number of methoxy groups -OCH3 is 1. The number of ether oxygens (including phenoxy) is 1. The van der Waals surface area contributed by atoms with Crippen molar-refractivity contribution >= 4 is 11.6 Å². The number of amides is 1. The minimum atomic E-state index is -0.424. The third kappa shape index (κ3) is 3.56. The maximum Gasteiger partial charge on any atom is 0.254 e. The van der Waals surface area contributed by atoms with Crippen LogP contribution in [0, 0.1) is 17.1 Å². The number of nitrogens with zero attached hydrogens (tertiary/aromatic N) is 3. The van der Waals surface area contributed by atoms with E-state index >= 15 is 0 Å². The van der Waals surface area contributed by atoms with Crippen LogP contribution in [0.4, 0.5) is 10.1 Å². The lowest BCUT2D eigenvalue weighted by Gasteiger charge is -2.36. The molecule has 0 aromatic heterocycles. The van der Waals surface area contributed by atoms with Crippen LogP contribution in [0.25, 0.3) is 0 Å². The van der Waals surface area contributed by atoms with Crippen LogP contribution >= 0.6 is 0 Å². The number of anilines is 1. The van der Waals surface area contributed by atoms with E-state index in [0.717, 1.165) is 0 Å². The maximum absolute atomic E-state index is 13.3. The van der Waals surface area contributed by atoms with Crippen LogP contribution in [0.1, 0.15) is 15.9 Å². The molecule has 5 nitrogen and oxygen atoms in total. The van der Waals surface area contributed by atoms with Crippen molar-refractivity contribution in [3.63, 3.8) is 0 Å². The summed E-state index contributed by atoms with van der Waals surface area (Å²) in [5.74, 6) is 0.180. The maximum atomic E-state index is 13.3. The summed E-state index contributed by atoms with van der Waals surface area (Å²) in [6.45, 7) is 2.27. The van der Waals surface area contributed by atoms with E-state index < -0.39 is 5.82 Å². The Bertz CT molecular complexity index is 824. The second-order valence-electron chi connectivity index (χ2n) is 5.78. The van der Waals surface area contributed by atoms with E-state index in [0.29, 0.717) is 48.7 Å². The fourth-order valence-electron chi connectivity index (χ4n) is 2.96. The second-order valence-corrected chi connectivity index (χ2v) is 5.78. The van der Waals surface area contributed by atoms with E-state index in [4.69, 9.17) is 4.74 Å². The molecule has 0 aliphatic carbocycles. The number of nitriles is 1. The van der Waals surface area contributed by atoms with Crippen LogP contribution in [0.5, 0.6) is 5.75 Å². The lowest BCUT2D eigenvalue weighted by Crippen LogP contribution is -2.49. The molecule has 1 saturated heterocycles. The third-order valence-corrected chi connectivity index (χ3v) is 4.30. The summed E-state index contributed by atoms with van der Waals surface area (Å²) in [5, 5.41) is 9.19. The largest absolute Gasteiger partial charge is 0.497 e. The van der Waals surface area contributed by atoms with E-state index in [2.05, 4.69) is 0 Å². The topological polar surface area (TPSA) is 56.6 Å². The Kier molecular flexibility index (Phi) is 4.85. The molecule has 2 aromatic carbocycles. The minimum absolute atomic E-state index is 0.0434. The average molecular weight is 339 g/mol. The van der Waals surface area contributed by atoms with Gasteiger partial charge < -0.3 is 14.5 Å². The third-order valence-electron chi connectivity index (χ3n) is 4.30. The smallest absolute Gasteiger partial charge is 0.254 e. The number of rotatable bonds is 3. The zero-order chi connectivity index (χ0) is 17.8. The quantitative estimate of drug-likeness (QED) is 0.863. The Balaban J connectivity index is 1.69. The van der Waals surface area contributed by atoms with Gasteiger partial charge in [-0.3, -0.25) is 4.79 Å². The summed E-state index contributed by atoms with van der Waals surface area (Å²) in [6, 6.07) is 13.3. The molecule has 25 heavy (non-hydrogen) atoms. The molecule has 1 fully saturated rings. The first-order valence-electron chi connectivity index (χ1n) is 8.00. The molecule has 3 rings (SSSR count). The Morgan fingerprint density at radius 3 is 2.60 bits per heavy atom. The van der Waals surface area contributed by atoms with E-state index in [-0.39, 0.29) is 5.91 Å². The zero-order valence-corrected chi connectivity index (χ0v) is 13.9. The molecule has 1 heterocycles. The van der Waals surface area contributed by atoms with Gasteiger partial charge in [0.1, 0.15) is 17.6 Å². The van der Waals surface area contributed by atoms with Crippen molar-refractivity contribution in [1.82, 2.24) is 4.90 Å². The van der Waals surface area contributed by atoms with Crippen molar-refractivity contribution in [2.75, 3.05) is 38.2 Å². The fraction of sp³-hybridized carbons (Fsp3) is 0.263. The second kappa shape index (κ2) is 7.22. The van der Waals surface area contributed by atoms with Crippen LogP contribution in [0.15, 0.2) is 42.5 Å². The number of piperazine rings is 1. The van der Waals surface area contributed by atoms with Crippen molar-refractivity contribution in [3.8, 4) is 11.8 Å². The highest BCUT2D eigenvalue weighted by atomic mass is 19.1. The molecule has 1 aliphatic rings. The highest BCUT2D eigenvalue weighted by molar-refractivity contribution is 5.94. The number of hydrogen-bond acceptors (Lipinski definition) is 4. The number of benzene rings is 2. The van der Waals surface area contributed by atoms with Crippen molar-refractivity contribution in [2.45, 2.75) is 0 Å². The van der Waals surface area contributed by atoms with Crippen LogP contribution in [-0.4, -0.2) is 44.1 Å². The molecule has 1 amide bonds. The summed E-state index contributed by atoms with van der Waals surface area (Å²) in [5.41, 5.74) is 1.61. The normalized spacial score (nSPS) is 14.1. The van der Waals surface area contributed by atoms with E-state index in [1.165, 1.54) is 12.1 Å². The molecule has 2 aromatic rings. The monoisotopic (exact) mass is 339 g/mol. The molecule has 0 spiro atoms. The molecular weight excluding hydrogens is 321 g/mol. The number of halogens is 1. The number of hydrogen-bond donors (Lipinski definition) is 0. The lowest BCUT2D eigenvalue weighted by atomic mass is 10.1. The van der Waals surface area contributed by atoms with Gasteiger partial charge in [-0.15, -0.1) is 0 Å². The summed E-state index contributed by atoms with van der Waals surface area (Å²) in [6.07, 6.45) is 0. The van der Waals surface area contributed by atoms with Gasteiger partial charge in [-0.2, -0.15) is 5.26 Å². The summed E-state index contributed by atoms with van der Waals surface area (Å²) >= 11 is 0. The van der Waals surface area contributed by atoms with Crippen LogP contribution in [0.2, 0.25) is 0 Å². The predicted octanol–water partition coefficient (Wildman–Crippen LogP) is 2.67. The van der Waals surface area contributed by atoms with E-state index in [1.54, 1.807) is 42.3 Å². The predicted molar refractivity (Wildman–Crippen MR) is 92.2 cm³/mol. The molecule has 0 bridgehead atoms. The molecule has 128 valence electrons. The molecule has 1 aliphatic heterocycles. The highest BCUT2D eigenvalue weighted by Crippen LogP contribution is 2.23. The lowest BCUT2D eigenvalue weighted by molar-refractivity contribution is 0.0746.